The molecule has 0 saturated heterocycles. The third kappa shape index (κ3) is 6.26. The van der Waals surface area contributed by atoms with Crippen molar-refractivity contribution in [2.45, 2.75) is 51.6 Å². The van der Waals surface area contributed by atoms with Crippen LogP contribution in [0.25, 0.3) is 0 Å². The summed E-state index contributed by atoms with van der Waals surface area (Å²) in [6.07, 6.45) is 0. The topological polar surface area (TPSA) is 12.0 Å². The van der Waals surface area contributed by atoms with Gasteiger partial charge in [0.1, 0.15) is 0 Å². The number of thioether (sulfide) groups is 1. The first-order chi connectivity index (χ1) is 8.28. The van der Waals surface area contributed by atoms with E-state index >= 15 is 0 Å². The Balaban J connectivity index is 2.62. The average molecular weight is 330 g/mol. The Morgan fingerprint density at radius 1 is 1.28 bits per heavy atom. The first-order valence-corrected chi connectivity index (χ1v) is 8.22. The summed E-state index contributed by atoms with van der Waals surface area (Å²) in [7, 11) is 0. The molecule has 3 heteroatoms. The van der Waals surface area contributed by atoms with Gasteiger partial charge >= 0.3 is 0 Å². The van der Waals surface area contributed by atoms with Crippen LogP contribution in [0.3, 0.4) is 0 Å². The van der Waals surface area contributed by atoms with E-state index in [2.05, 4.69) is 74.1 Å². The average Bonchev–Trinajstić information content (AvgIpc) is 2.23. The molecular formula is C15H24BrNS. The molecule has 1 rings (SSSR count). The SMILES string of the molecule is CC(C)CSc1ccc(CNC(C)(C)C)c(Br)c1. The number of hydrogen-bond donors (Lipinski definition) is 1. The molecule has 0 radical (unpaired) electrons. The van der Waals surface area contributed by atoms with Crippen LogP contribution in [0.1, 0.15) is 40.2 Å². The zero-order valence-corrected chi connectivity index (χ0v) is 14.4. The maximum Gasteiger partial charge on any atom is 0.0231 e. The summed E-state index contributed by atoms with van der Waals surface area (Å²) in [6.45, 7) is 12.0. The minimum atomic E-state index is 0.157. The number of halogens is 1. The number of nitrogens with one attached hydrogen (secondary N) is 1. The minimum absolute atomic E-state index is 0.157. The number of benzene rings is 1. The van der Waals surface area contributed by atoms with Crippen LogP contribution < -0.4 is 5.32 Å². The fourth-order valence-corrected chi connectivity index (χ4v) is 2.95. The van der Waals surface area contributed by atoms with E-state index < -0.39 is 0 Å². The van der Waals surface area contributed by atoms with Crippen molar-refractivity contribution in [1.29, 1.82) is 0 Å². The van der Waals surface area contributed by atoms with E-state index in [1.807, 2.05) is 11.8 Å². The van der Waals surface area contributed by atoms with Crippen LogP contribution in [0.15, 0.2) is 27.6 Å². The molecular weight excluding hydrogens is 306 g/mol. The quantitative estimate of drug-likeness (QED) is 0.755. The Kier molecular flexibility index (Phi) is 6.22. The molecule has 0 aliphatic heterocycles. The summed E-state index contributed by atoms with van der Waals surface area (Å²) >= 11 is 5.59. The van der Waals surface area contributed by atoms with Gasteiger partial charge in [-0.3, -0.25) is 0 Å². The first kappa shape index (κ1) is 16.1. The lowest BCUT2D eigenvalue weighted by molar-refractivity contribution is 0.424. The second-order valence-corrected chi connectivity index (χ2v) is 8.01. The lowest BCUT2D eigenvalue weighted by Gasteiger charge is -2.21. The van der Waals surface area contributed by atoms with Gasteiger partial charge in [-0.25, -0.2) is 0 Å². The van der Waals surface area contributed by atoms with Crippen molar-refractivity contribution in [2.75, 3.05) is 5.75 Å². The van der Waals surface area contributed by atoms with Gasteiger partial charge in [0.15, 0.2) is 0 Å². The van der Waals surface area contributed by atoms with Crippen molar-refractivity contribution >= 4 is 27.7 Å². The van der Waals surface area contributed by atoms with Crippen molar-refractivity contribution in [3.8, 4) is 0 Å². The van der Waals surface area contributed by atoms with Gasteiger partial charge in [-0.05, 0) is 44.4 Å². The molecule has 0 fully saturated rings. The molecule has 0 heterocycles. The normalized spacial score (nSPS) is 12.2. The van der Waals surface area contributed by atoms with Gasteiger partial charge in [0, 0.05) is 27.2 Å². The molecule has 1 aromatic rings. The highest BCUT2D eigenvalue weighted by molar-refractivity contribution is 9.10. The minimum Gasteiger partial charge on any atom is -0.308 e. The summed E-state index contributed by atoms with van der Waals surface area (Å²) in [4.78, 5) is 1.34. The second-order valence-electron chi connectivity index (χ2n) is 6.06. The van der Waals surface area contributed by atoms with Crippen LogP contribution in [0.4, 0.5) is 0 Å². The smallest absolute Gasteiger partial charge is 0.0231 e. The highest BCUT2D eigenvalue weighted by Crippen LogP contribution is 2.26. The van der Waals surface area contributed by atoms with E-state index in [9.17, 15) is 0 Å². The molecule has 1 nitrogen and oxygen atoms in total. The molecule has 0 spiro atoms. The zero-order valence-electron chi connectivity index (χ0n) is 12.0. The third-order valence-electron chi connectivity index (χ3n) is 2.42. The van der Waals surface area contributed by atoms with Crippen molar-refractivity contribution in [1.82, 2.24) is 5.32 Å². The van der Waals surface area contributed by atoms with Crippen LogP contribution in [0, 0.1) is 5.92 Å². The number of hydrogen-bond acceptors (Lipinski definition) is 2. The molecule has 1 aromatic carbocycles. The van der Waals surface area contributed by atoms with Crippen LogP contribution >= 0.6 is 27.7 Å². The largest absolute Gasteiger partial charge is 0.308 e. The summed E-state index contributed by atoms with van der Waals surface area (Å²) in [5, 5.41) is 3.51. The van der Waals surface area contributed by atoms with Crippen LogP contribution in [0.2, 0.25) is 0 Å². The maximum absolute atomic E-state index is 3.67. The van der Waals surface area contributed by atoms with E-state index in [1.54, 1.807) is 0 Å². The van der Waals surface area contributed by atoms with Gasteiger partial charge < -0.3 is 5.32 Å². The van der Waals surface area contributed by atoms with E-state index in [1.165, 1.54) is 20.7 Å². The predicted molar refractivity (Wildman–Crippen MR) is 86.3 cm³/mol. The molecule has 0 aromatic heterocycles. The summed E-state index contributed by atoms with van der Waals surface area (Å²) < 4.78 is 1.20. The molecule has 102 valence electrons. The molecule has 0 unspecified atom stereocenters. The van der Waals surface area contributed by atoms with E-state index in [0.717, 1.165) is 12.5 Å². The molecule has 0 bridgehead atoms. The third-order valence-corrected chi connectivity index (χ3v) is 4.58. The maximum atomic E-state index is 3.67. The predicted octanol–water partition coefficient (Wildman–Crippen LogP) is 5.09. The molecule has 0 aliphatic carbocycles. The summed E-state index contributed by atoms with van der Waals surface area (Å²) in [5.41, 5.74) is 1.48. The fourth-order valence-electron chi connectivity index (χ4n) is 1.38. The molecule has 0 aliphatic rings. The highest BCUT2D eigenvalue weighted by atomic mass is 79.9. The lowest BCUT2D eigenvalue weighted by Crippen LogP contribution is -2.35. The van der Waals surface area contributed by atoms with Crippen molar-refractivity contribution in [3.05, 3.63) is 28.2 Å². The van der Waals surface area contributed by atoms with E-state index in [-0.39, 0.29) is 5.54 Å². The van der Waals surface area contributed by atoms with Crippen LogP contribution in [0.5, 0.6) is 0 Å². The van der Waals surface area contributed by atoms with Crippen LogP contribution in [-0.2, 0) is 6.54 Å². The molecule has 18 heavy (non-hydrogen) atoms. The monoisotopic (exact) mass is 329 g/mol. The van der Waals surface area contributed by atoms with Crippen molar-refractivity contribution < 1.29 is 0 Å². The molecule has 0 amide bonds. The summed E-state index contributed by atoms with van der Waals surface area (Å²) in [6, 6.07) is 6.66. The zero-order chi connectivity index (χ0) is 13.8. The second kappa shape index (κ2) is 6.97. The van der Waals surface area contributed by atoms with Crippen molar-refractivity contribution in [2.24, 2.45) is 5.92 Å². The van der Waals surface area contributed by atoms with Gasteiger partial charge in [0.2, 0.25) is 0 Å². The first-order valence-electron chi connectivity index (χ1n) is 6.44. The molecule has 0 saturated carbocycles. The Morgan fingerprint density at radius 2 is 1.94 bits per heavy atom. The Bertz CT molecular complexity index is 383. The Hall–Kier alpha value is 0.01000. The molecule has 1 N–H and O–H groups in total. The standard InChI is InChI=1S/C15H24BrNS/c1-11(2)10-18-13-7-6-12(14(16)8-13)9-17-15(3,4)5/h6-8,11,17H,9-10H2,1-5H3. The van der Waals surface area contributed by atoms with Gasteiger partial charge in [-0.15, -0.1) is 11.8 Å². The van der Waals surface area contributed by atoms with Crippen LogP contribution in [-0.4, -0.2) is 11.3 Å². The lowest BCUT2D eigenvalue weighted by atomic mass is 10.1. The summed E-state index contributed by atoms with van der Waals surface area (Å²) in [5.74, 6) is 1.91. The van der Waals surface area contributed by atoms with E-state index in [0.29, 0.717) is 0 Å². The van der Waals surface area contributed by atoms with Crippen molar-refractivity contribution in [3.63, 3.8) is 0 Å². The number of rotatable bonds is 5. The Morgan fingerprint density at radius 3 is 2.44 bits per heavy atom. The van der Waals surface area contributed by atoms with Gasteiger partial charge in [-0.1, -0.05) is 35.8 Å². The molecule has 0 atom stereocenters. The highest BCUT2D eigenvalue weighted by Gasteiger charge is 2.10. The Labute approximate surface area is 124 Å². The van der Waals surface area contributed by atoms with E-state index in [4.69, 9.17) is 0 Å². The van der Waals surface area contributed by atoms with Gasteiger partial charge in [0.25, 0.3) is 0 Å². The van der Waals surface area contributed by atoms with Gasteiger partial charge in [0.05, 0.1) is 0 Å². The fraction of sp³-hybridized carbons (Fsp3) is 0.600. The van der Waals surface area contributed by atoms with Gasteiger partial charge in [-0.2, -0.15) is 0 Å².